The number of rotatable bonds is 12. The summed E-state index contributed by atoms with van der Waals surface area (Å²) in [5.41, 5.74) is 2.24. The average molecular weight is 478 g/mol. The zero-order chi connectivity index (χ0) is 25.0. The predicted molar refractivity (Wildman–Crippen MR) is 133 cm³/mol. The Morgan fingerprint density at radius 1 is 0.971 bits per heavy atom. The number of aryl methyl sites for hydroxylation is 1. The van der Waals surface area contributed by atoms with E-state index in [1.54, 1.807) is 55.6 Å². The summed E-state index contributed by atoms with van der Waals surface area (Å²) < 4.78 is 10.5. The largest absolute Gasteiger partial charge is 0.497 e. The van der Waals surface area contributed by atoms with E-state index in [0.29, 0.717) is 22.8 Å². The third kappa shape index (κ3) is 8.03. The summed E-state index contributed by atoms with van der Waals surface area (Å²) in [4.78, 5) is 39.4. The van der Waals surface area contributed by atoms with E-state index >= 15 is 0 Å². The molecular weight excluding hydrogens is 446 g/mol. The molecule has 3 aromatic rings. The van der Waals surface area contributed by atoms with Gasteiger partial charge in [-0.05, 0) is 66.9 Å². The zero-order valence-corrected chi connectivity index (χ0v) is 20.1. The van der Waals surface area contributed by atoms with Crippen LogP contribution in [0.2, 0.25) is 0 Å². The van der Waals surface area contributed by atoms with Gasteiger partial charge in [0.2, 0.25) is 11.8 Å². The molecule has 0 aliphatic rings. The number of hydrogen-bond acceptors (Lipinski definition) is 5. The fourth-order valence-corrected chi connectivity index (χ4v) is 3.46. The van der Waals surface area contributed by atoms with Crippen LogP contribution >= 0.6 is 0 Å². The third-order valence-electron chi connectivity index (χ3n) is 5.39. The molecule has 2 aromatic carbocycles. The molecule has 1 heterocycles. The lowest BCUT2D eigenvalue weighted by atomic mass is 10.1. The molecule has 2 N–H and O–H groups in total. The minimum Gasteiger partial charge on any atom is -0.497 e. The molecule has 0 spiro atoms. The zero-order valence-electron chi connectivity index (χ0n) is 20.1. The molecule has 0 saturated carbocycles. The van der Waals surface area contributed by atoms with Crippen molar-refractivity contribution in [2.75, 3.05) is 25.5 Å². The lowest BCUT2D eigenvalue weighted by Crippen LogP contribution is -2.42. The summed E-state index contributed by atoms with van der Waals surface area (Å²) in [6.45, 7) is 1.83. The Morgan fingerprint density at radius 2 is 1.71 bits per heavy atom. The van der Waals surface area contributed by atoms with E-state index in [2.05, 4.69) is 17.6 Å². The van der Waals surface area contributed by atoms with E-state index in [-0.39, 0.29) is 31.4 Å². The number of furan rings is 1. The summed E-state index contributed by atoms with van der Waals surface area (Å²) >= 11 is 0. The van der Waals surface area contributed by atoms with Crippen molar-refractivity contribution < 1.29 is 23.5 Å². The van der Waals surface area contributed by atoms with Gasteiger partial charge in [0, 0.05) is 11.3 Å². The van der Waals surface area contributed by atoms with Crippen molar-refractivity contribution in [1.82, 2.24) is 10.2 Å². The first-order valence-electron chi connectivity index (χ1n) is 11.6. The maximum absolute atomic E-state index is 13.2. The van der Waals surface area contributed by atoms with Crippen LogP contribution in [0.15, 0.2) is 71.3 Å². The number of anilines is 1. The Balaban J connectivity index is 1.58. The molecular formula is C27H31N3O5. The van der Waals surface area contributed by atoms with Crippen LogP contribution in [0.3, 0.4) is 0 Å². The second kappa shape index (κ2) is 13.0. The first-order valence-corrected chi connectivity index (χ1v) is 11.6. The summed E-state index contributed by atoms with van der Waals surface area (Å²) in [5.74, 6) is 0.113. The molecule has 0 atom stereocenters. The van der Waals surface area contributed by atoms with E-state index in [1.165, 1.54) is 16.7 Å². The van der Waals surface area contributed by atoms with Gasteiger partial charge < -0.3 is 24.7 Å². The monoisotopic (exact) mass is 477 g/mol. The van der Waals surface area contributed by atoms with Crippen LogP contribution in [0.25, 0.3) is 0 Å². The van der Waals surface area contributed by atoms with Gasteiger partial charge in [-0.1, -0.05) is 25.5 Å². The Morgan fingerprint density at radius 3 is 2.34 bits per heavy atom. The van der Waals surface area contributed by atoms with Crippen molar-refractivity contribution in [1.29, 1.82) is 0 Å². The van der Waals surface area contributed by atoms with Crippen LogP contribution in [0.1, 0.15) is 41.4 Å². The van der Waals surface area contributed by atoms with Crippen LogP contribution in [0, 0.1) is 0 Å². The Bertz CT molecular complexity index is 1090. The van der Waals surface area contributed by atoms with Crippen LogP contribution in [-0.2, 0) is 22.6 Å². The number of unbranched alkanes of at least 4 members (excludes halogenated alkanes) is 1. The van der Waals surface area contributed by atoms with Crippen molar-refractivity contribution in [3.8, 4) is 5.75 Å². The van der Waals surface area contributed by atoms with Crippen molar-refractivity contribution in [2.24, 2.45) is 0 Å². The maximum Gasteiger partial charge on any atom is 0.254 e. The van der Waals surface area contributed by atoms with Crippen LogP contribution in [-0.4, -0.2) is 42.8 Å². The summed E-state index contributed by atoms with van der Waals surface area (Å²) in [6, 6.07) is 17.8. The number of ether oxygens (including phenoxy) is 1. The van der Waals surface area contributed by atoms with Gasteiger partial charge in [0.1, 0.15) is 18.1 Å². The second-order valence-corrected chi connectivity index (χ2v) is 8.09. The number of nitrogens with zero attached hydrogens (tertiary/aromatic N) is 1. The standard InChI is InChI=1S/C27H31N3O5/c1-3-4-6-20-8-10-21(11-9-20)27(33)30(18-24-7-5-16-35-24)19-26(32)28-17-25(31)29-22-12-14-23(34-2)15-13-22/h5,7-16H,3-4,6,17-19H2,1-2H3,(H,28,32)(H,29,31). The first kappa shape index (κ1) is 25.6. The molecule has 184 valence electrons. The van der Waals surface area contributed by atoms with Crippen molar-refractivity contribution in [2.45, 2.75) is 32.7 Å². The van der Waals surface area contributed by atoms with Crippen molar-refractivity contribution in [3.63, 3.8) is 0 Å². The van der Waals surface area contributed by atoms with Crippen LogP contribution < -0.4 is 15.4 Å². The molecule has 0 unspecified atom stereocenters. The molecule has 0 fully saturated rings. The first-order chi connectivity index (χ1) is 17.0. The molecule has 0 radical (unpaired) electrons. The molecule has 3 rings (SSSR count). The summed E-state index contributed by atoms with van der Waals surface area (Å²) in [6.07, 6.45) is 4.67. The van der Waals surface area contributed by atoms with Gasteiger partial charge in [0.05, 0.1) is 26.5 Å². The highest BCUT2D eigenvalue weighted by atomic mass is 16.5. The van der Waals surface area contributed by atoms with Gasteiger partial charge in [-0.15, -0.1) is 0 Å². The SMILES string of the molecule is CCCCc1ccc(C(=O)N(CC(=O)NCC(=O)Nc2ccc(OC)cc2)Cc2ccco2)cc1. The molecule has 35 heavy (non-hydrogen) atoms. The van der Waals surface area contributed by atoms with Crippen LogP contribution in [0.4, 0.5) is 5.69 Å². The van der Waals surface area contributed by atoms with Gasteiger partial charge in [0.15, 0.2) is 0 Å². The quantitative estimate of drug-likeness (QED) is 0.410. The maximum atomic E-state index is 13.2. The normalized spacial score (nSPS) is 10.5. The van der Waals surface area contributed by atoms with Gasteiger partial charge in [0.25, 0.3) is 5.91 Å². The minimum atomic E-state index is -0.450. The van der Waals surface area contributed by atoms with Gasteiger partial charge >= 0.3 is 0 Å². The highest BCUT2D eigenvalue weighted by Crippen LogP contribution is 2.15. The number of hydrogen-bond donors (Lipinski definition) is 2. The van der Waals surface area contributed by atoms with E-state index in [9.17, 15) is 14.4 Å². The minimum absolute atomic E-state index is 0.134. The highest BCUT2D eigenvalue weighted by molar-refractivity contribution is 5.98. The molecule has 0 aliphatic carbocycles. The smallest absolute Gasteiger partial charge is 0.254 e. The fraction of sp³-hybridized carbons (Fsp3) is 0.296. The molecule has 8 nitrogen and oxygen atoms in total. The van der Waals surface area contributed by atoms with Gasteiger partial charge in [-0.25, -0.2) is 0 Å². The number of methoxy groups -OCH3 is 1. The van der Waals surface area contributed by atoms with E-state index in [0.717, 1.165) is 19.3 Å². The molecule has 0 saturated heterocycles. The summed E-state index contributed by atoms with van der Waals surface area (Å²) in [7, 11) is 1.56. The molecule has 8 heteroatoms. The van der Waals surface area contributed by atoms with Crippen molar-refractivity contribution in [3.05, 3.63) is 83.8 Å². The van der Waals surface area contributed by atoms with Gasteiger partial charge in [-0.3, -0.25) is 14.4 Å². The lowest BCUT2D eigenvalue weighted by Gasteiger charge is -2.21. The molecule has 3 amide bonds. The number of nitrogens with one attached hydrogen (secondary N) is 2. The third-order valence-corrected chi connectivity index (χ3v) is 5.39. The number of carbonyl (C=O) groups excluding carboxylic acids is 3. The average Bonchev–Trinajstić information content (AvgIpc) is 3.39. The second-order valence-electron chi connectivity index (χ2n) is 8.09. The Labute approximate surface area is 205 Å². The lowest BCUT2D eigenvalue weighted by molar-refractivity contribution is -0.124. The summed E-state index contributed by atoms with van der Waals surface area (Å²) in [5, 5.41) is 5.28. The molecule has 0 bridgehead atoms. The molecule has 0 aliphatic heterocycles. The fourth-order valence-electron chi connectivity index (χ4n) is 3.46. The molecule has 1 aromatic heterocycles. The Kier molecular flexibility index (Phi) is 9.48. The number of carbonyl (C=O) groups is 3. The topological polar surface area (TPSA) is 101 Å². The van der Waals surface area contributed by atoms with E-state index < -0.39 is 5.91 Å². The highest BCUT2D eigenvalue weighted by Gasteiger charge is 2.21. The Hall–Kier alpha value is -4.07. The van der Waals surface area contributed by atoms with E-state index in [1.807, 2.05) is 12.1 Å². The number of amides is 3. The number of benzene rings is 2. The van der Waals surface area contributed by atoms with Crippen molar-refractivity contribution >= 4 is 23.4 Å². The van der Waals surface area contributed by atoms with Crippen LogP contribution in [0.5, 0.6) is 5.75 Å². The van der Waals surface area contributed by atoms with E-state index in [4.69, 9.17) is 9.15 Å². The van der Waals surface area contributed by atoms with Gasteiger partial charge in [-0.2, -0.15) is 0 Å². The predicted octanol–water partition coefficient (Wildman–Crippen LogP) is 4.03.